The van der Waals surface area contributed by atoms with Crippen LogP contribution in [0.2, 0.25) is 0 Å². The maximum Gasteiger partial charge on any atom is 0.217 e. The molecule has 0 bridgehead atoms. The molecule has 3 amide bonds. The molecule has 3 saturated heterocycles. The predicted octanol–water partition coefficient (Wildman–Crippen LogP) is -2.84. The van der Waals surface area contributed by atoms with E-state index in [1.165, 1.54) is 27.9 Å². The van der Waals surface area contributed by atoms with Crippen molar-refractivity contribution in [3.63, 3.8) is 0 Å². The lowest BCUT2D eigenvalue weighted by Crippen LogP contribution is -2.64. The molecule has 602 valence electrons. The summed E-state index contributed by atoms with van der Waals surface area (Å²) in [5.74, 6) is -1.53. The lowest BCUT2D eigenvalue weighted by atomic mass is 9.92. The molecule has 19 atom stereocenters. The van der Waals surface area contributed by atoms with Crippen molar-refractivity contribution < 1.29 is 163 Å². The second kappa shape index (κ2) is 52.1. The topological polar surface area (TPSA) is 522 Å². The first-order valence-corrected chi connectivity index (χ1v) is 43.7. The predicted molar refractivity (Wildman–Crippen MR) is 366 cm³/mol. The quantitative estimate of drug-likeness (QED) is 0.0166. The second-order valence-electron chi connectivity index (χ2n) is 24.0. The van der Waals surface area contributed by atoms with Gasteiger partial charge in [0.05, 0.1) is 97.9 Å². The molecular formula is C57H107N3O34P4S4-4. The van der Waals surface area contributed by atoms with E-state index < -0.39 is 162 Å². The van der Waals surface area contributed by atoms with Gasteiger partial charge in [-0.1, -0.05) is 48.3 Å². The minimum Gasteiger partial charge on any atom is -0.780 e. The SMILES string of the molecule is COP([O-])(=S)OCCCCCCOCC(COCCCOP(=O)([S-])OCCCCOC1OC(CO)C(O)C(O)C1NC(C)=O)(COCCCOP([O-])(=S)OCCCCOC1OC(CO)C(O)C(O)C1NC(C)=O)COCCCOP([O-])(=S)OCCCCOC1OC(CO)C(O)C(O)C1NC(C)=O. The van der Waals surface area contributed by atoms with Crippen molar-refractivity contribution >= 4 is 92.3 Å². The van der Waals surface area contributed by atoms with Crippen molar-refractivity contribution in [3.05, 3.63) is 0 Å². The molecule has 0 saturated carbocycles. The number of hydrogen-bond donors (Lipinski definition) is 12. The molecule has 0 spiro atoms. The van der Waals surface area contributed by atoms with E-state index in [4.69, 9.17) is 131 Å². The van der Waals surface area contributed by atoms with Gasteiger partial charge >= 0.3 is 0 Å². The summed E-state index contributed by atoms with van der Waals surface area (Å²) in [6.45, 7) is -13.8. The third kappa shape index (κ3) is 39.1. The van der Waals surface area contributed by atoms with Crippen LogP contribution in [0, 0.1) is 5.41 Å². The number of aliphatic hydroxyl groups excluding tert-OH is 9. The highest BCUT2D eigenvalue weighted by atomic mass is 32.7. The maximum absolute atomic E-state index is 13.1. The molecule has 102 heavy (non-hydrogen) atoms. The van der Waals surface area contributed by atoms with E-state index >= 15 is 0 Å². The van der Waals surface area contributed by atoms with Crippen LogP contribution in [0.3, 0.4) is 0 Å². The van der Waals surface area contributed by atoms with Crippen LogP contribution in [-0.4, -0.2) is 301 Å². The van der Waals surface area contributed by atoms with Crippen molar-refractivity contribution in [1.29, 1.82) is 0 Å². The number of unbranched alkanes of at least 4 members (excludes halogenated alkanes) is 6. The fourth-order valence-corrected chi connectivity index (χ4v) is 14.4. The zero-order valence-corrected chi connectivity index (χ0v) is 64.7. The van der Waals surface area contributed by atoms with Crippen LogP contribution >= 0.6 is 27.0 Å². The van der Waals surface area contributed by atoms with E-state index in [0.717, 1.165) is 0 Å². The van der Waals surface area contributed by atoms with Gasteiger partial charge < -0.3 is 172 Å². The molecule has 0 aromatic heterocycles. The molecule has 12 N–H and O–H groups in total. The number of nitrogens with one attached hydrogen (secondary N) is 3. The Morgan fingerprint density at radius 2 is 0.647 bits per heavy atom. The number of amides is 3. The number of rotatable bonds is 59. The molecule has 0 aromatic carbocycles. The second-order valence-corrected chi connectivity index (χ2v) is 35.1. The number of carbonyl (C=O) groups excluding carboxylic acids is 3. The molecule has 19 unspecified atom stereocenters. The molecule has 3 aliphatic heterocycles. The molecular weight excluding hydrogens is 1520 g/mol. The standard InChI is InChI=1S/C57H111N3O34P4S4/c1-39(64)58-45-51(70)48(67)42(32-61)92-54(45)82-22-9-12-26-86-96(74,100)89-29-15-19-79-36-57(35-78-18-7-5-6-8-25-85-95(73,99)77-4,37-80-20-16-30-90-97(75,101)87-27-13-10-23-83-55-46(59-40(2)65)52(71)49(68)43(33-62)93-55)38-81-21-17-31-91-98(76,102)88-28-14-11-24-84-56-47(60-41(3)66)53(72)50(69)44(34-63)94-56/h42-56,61-63,67-72H,5-38H2,1-4H3,(H,58,64)(H,59,65)(H,60,66)(H,73,99)(H,74,100)(H,75,101)(H,76,102)/p-4. The average Bonchev–Trinajstić information content (AvgIpc) is 0.820. The fraction of sp³-hybridized carbons (Fsp3) is 0.947. The molecule has 3 fully saturated rings. The van der Waals surface area contributed by atoms with Gasteiger partial charge in [0.15, 0.2) is 25.7 Å². The summed E-state index contributed by atoms with van der Waals surface area (Å²) in [5, 5.41) is 98.6. The van der Waals surface area contributed by atoms with Crippen LogP contribution in [0.1, 0.15) is 104 Å². The molecule has 3 heterocycles. The van der Waals surface area contributed by atoms with E-state index in [-0.39, 0.29) is 157 Å². The van der Waals surface area contributed by atoms with Gasteiger partial charge in [-0.2, -0.15) is 0 Å². The van der Waals surface area contributed by atoms with Gasteiger partial charge in [-0.25, -0.2) is 0 Å². The van der Waals surface area contributed by atoms with Crippen LogP contribution in [0.4, 0.5) is 0 Å². The lowest BCUT2D eigenvalue weighted by Gasteiger charge is -2.42. The minimum atomic E-state index is -3.98. The highest BCUT2D eigenvalue weighted by Crippen LogP contribution is 2.46. The van der Waals surface area contributed by atoms with Crippen molar-refractivity contribution in [2.24, 2.45) is 5.41 Å². The first-order chi connectivity index (χ1) is 48.3. The van der Waals surface area contributed by atoms with Crippen molar-refractivity contribution in [2.75, 3.05) is 146 Å². The van der Waals surface area contributed by atoms with Gasteiger partial charge in [-0.15, -0.1) is 0 Å². The van der Waals surface area contributed by atoms with E-state index in [1.54, 1.807) is 0 Å². The van der Waals surface area contributed by atoms with Crippen molar-refractivity contribution in [2.45, 2.75) is 196 Å². The Bertz CT molecular complexity index is 2300. The smallest absolute Gasteiger partial charge is 0.217 e. The molecule has 0 aromatic rings. The largest absolute Gasteiger partial charge is 0.780 e. The zero-order valence-electron chi connectivity index (χ0n) is 57.9. The van der Waals surface area contributed by atoms with E-state index in [0.29, 0.717) is 44.9 Å². The zero-order chi connectivity index (χ0) is 75.8. The molecule has 3 rings (SSSR count). The van der Waals surface area contributed by atoms with Gasteiger partial charge in [-0.3, -0.25) is 18.9 Å². The molecule has 45 heteroatoms. The number of aliphatic hydroxyl groups is 9. The van der Waals surface area contributed by atoms with Crippen LogP contribution < -0.4 is 30.6 Å². The van der Waals surface area contributed by atoms with E-state index in [2.05, 4.69) is 16.0 Å². The lowest BCUT2D eigenvalue weighted by molar-refractivity contribution is -0.270. The maximum atomic E-state index is 13.1. The fourth-order valence-electron chi connectivity index (χ4n) is 10.00. The van der Waals surface area contributed by atoms with Crippen LogP contribution in [-0.2, 0) is 150 Å². The summed E-state index contributed by atoms with van der Waals surface area (Å²) in [6, 6.07) is -3.37. The number of hydrogen-bond acceptors (Lipinski definition) is 38. The summed E-state index contributed by atoms with van der Waals surface area (Å²) in [5.41, 5.74) is -1.03. The van der Waals surface area contributed by atoms with Gasteiger partial charge in [0, 0.05) is 74.1 Å². The van der Waals surface area contributed by atoms with Crippen molar-refractivity contribution in [1.82, 2.24) is 16.0 Å². The van der Waals surface area contributed by atoms with Crippen LogP contribution in [0.25, 0.3) is 0 Å². The van der Waals surface area contributed by atoms with E-state index in [1.807, 2.05) is 0 Å². The Morgan fingerprint density at radius 1 is 0.402 bits per heavy atom. The Morgan fingerprint density at radius 3 is 0.941 bits per heavy atom. The molecule has 37 nitrogen and oxygen atoms in total. The first kappa shape index (κ1) is 95.9. The molecule has 0 radical (unpaired) electrons. The third-order valence-electron chi connectivity index (χ3n) is 15.3. The highest BCUT2D eigenvalue weighted by molar-refractivity contribution is 8.32. The summed E-state index contributed by atoms with van der Waals surface area (Å²) in [7, 11) is 1.21. The van der Waals surface area contributed by atoms with Gasteiger partial charge in [0.25, 0.3) is 0 Å². The van der Waals surface area contributed by atoms with Crippen LogP contribution in [0.15, 0.2) is 0 Å². The van der Waals surface area contributed by atoms with E-state index in [9.17, 15) is 79.6 Å². The Kier molecular flexibility index (Phi) is 49.0. The third-order valence-corrected chi connectivity index (χ3v) is 21.9. The average molecular weight is 1630 g/mol. The Balaban J connectivity index is 1.60. The van der Waals surface area contributed by atoms with Gasteiger partial charge in [0.2, 0.25) is 17.7 Å². The normalized spacial score (nSPS) is 28.5. The molecule has 3 aliphatic rings. The number of carbonyl (C=O) groups is 3. The Hall–Kier alpha value is -0.260. The highest BCUT2D eigenvalue weighted by Gasteiger charge is 2.48. The first-order valence-electron chi connectivity index (χ1n) is 33.5. The minimum absolute atomic E-state index is 0.0217. The van der Waals surface area contributed by atoms with Crippen LogP contribution in [0.5, 0.6) is 0 Å². The van der Waals surface area contributed by atoms with Crippen molar-refractivity contribution in [3.8, 4) is 0 Å². The molecule has 0 aliphatic carbocycles. The summed E-state index contributed by atoms with van der Waals surface area (Å²) in [6.07, 6.45) is -11.0. The number of ether oxygens (including phenoxy) is 10. The van der Waals surface area contributed by atoms with Gasteiger partial charge in [0.1, 0.15) is 93.2 Å². The summed E-state index contributed by atoms with van der Waals surface area (Å²) >= 11 is 20.1. The monoisotopic (exact) mass is 1630 g/mol. The Labute approximate surface area is 615 Å². The summed E-state index contributed by atoms with van der Waals surface area (Å²) < 4.78 is 114. The van der Waals surface area contributed by atoms with Gasteiger partial charge in [-0.05, 0) is 70.6 Å². The summed E-state index contributed by atoms with van der Waals surface area (Å²) in [4.78, 5) is 73.4.